The zero-order valence-electron chi connectivity index (χ0n) is 12.5. The first-order valence-corrected chi connectivity index (χ1v) is 7.90. The van der Waals surface area contributed by atoms with Gasteiger partial charge >= 0.3 is 0 Å². The van der Waals surface area contributed by atoms with Gasteiger partial charge in [-0.15, -0.1) is 0 Å². The van der Waals surface area contributed by atoms with Crippen LogP contribution in [-0.4, -0.2) is 17.1 Å². The van der Waals surface area contributed by atoms with E-state index in [1.807, 2.05) is 19.1 Å². The zero-order valence-corrected chi connectivity index (χ0v) is 12.5. The molecule has 0 aliphatic heterocycles. The van der Waals surface area contributed by atoms with E-state index in [-0.39, 0.29) is 23.6 Å². The van der Waals surface area contributed by atoms with Crippen molar-refractivity contribution in [1.82, 2.24) is 0 Å². The number of rotatable bonds is 2. The summed E-state index contributed by atoms with van der Waals surface area (Å²) in [5, 5.41) is 12.7. The molecule has 4 nitrogen and oxygen atoms in total. The van der Waals surface area contributed by atoms with Crippen LogP contribution in [-0.2, 0) is 4.79 Å². The molecular weight excluding hydrogens is 264 g/mol. The zero-order chi connectivity index (χ0) is 15.0. The fourth-order valence-corrected chi connectivity index (χ4v) is 3.99. The smallest absolute Gasteiger partial charge is 0.227 e. The Bertz CT molecular complexity index is 530. The van der Waals surface area contributed by atoms with Crippen LogP contribution in [0.2, 0.25) is 0 Å². The quantitative estimate of drug-likeness (QED) is 0.732. The van der Waals surface area contributed by atoms with Gasteiger partial charge in [0.15, 0.2) is 0 Å². The molecule has 0 aromatic heterocycles. The molecule has 2 aliphatic carbocycles. The van der Waals surface area contributed by atoms with Gasteiger partial charge in [-0.1, -0.05) is 12.5 Å². The molecule has 1 amide bonds. The Kier molecular flexibility index (Phi) is 3.89. The number of carbonyl (C=O) groups is 1. The van der Waals surface area contributed by atoms with Crippen molar-refractivity contribution in [1.29, 1.82) is 0 Å². The van der Waals surface area contributed by atoms with Crippen molar-refractivity contribution in [2.24, 2.45) is 23.5 Å². The average Bonchev–Trinajstić information content (AvgIpc) is 2.42. The normalized spacial score (nSPS) is 31.7. The van der Waals surface area contributed by atoms with Gasteiger partial charge < -0.3 is 16.2 Å². The van der Waals surface area contributed by atoms with Gasteiger partial charge in [0.25, 0.3) is 0 Å². The van der Waals surface area contributed by atoms with Crippen LogP contribution >= 0.6 is 0 Å². The van der Waals surface area contributed by atoms with Crippen molar-refractivity contribution in [2.75, 3.05) is 5.32 Å². The molecule has 21 heavy (non-hydrogen) atoms. The van der Waals surface area contributed by atoms with Crippen molar-refractivity contribution in [2.45, 2.75) is 45.1 Å². The van der Waals surface area contributed by atoms with Crippen LogP contribution in [0.25, 0.3) is 0 Å². The maximum atomic E-state index is 12.5. The summed E-state index contributed by atoms with van der Waals surface area (Å²) >= 11 is 0. The minimum atomic E-state index is 0.0275. The third kappa shape index (κ3) is 2.91. The lowest BCUT2D eigenvalue weighted by Gasteiger charge is -2.43. The Morgan fingerprint density at radius 3 is 2.62 bits per heavy atom. The van der Waals surface area contributed by atoms with Crippen molar-refractivity contribution in [3.63, 3.8) is 0 Å². The molecule has 2 fully saturated rings. The fraction of sp³-hybridized carbons (Fsp3) is 0.588. The highest BCUT2D eigenvalue weighted by molar-refractivity contribution is 5.94. The largest absolute Gasteiger partial charge is 0.506 e. The molecule has 4 N–H and O–H groups in total. The summed E-state index contributed by atoms with van der Waals surface area (Å²) < 4.78 is 0. The van der Waals surface area contributed by atoms with Crippen LogP contribution in [0.5, 0.6) is 5.75 Å². The maximum absolute atomic E-state index is 12.5. The molecule has 0 saturated heterocycles. The number of benzene rings is 1. The monoisotopic (exact) mass is 288 g/mol. The van der Waals surface area contributed by atoms with E-state index < -0.39 is 0 Å². The van der Waals surface area contributed by atoms with E-state index in [1.165, 1.54) is 6.42 Å². The molecule has 0 radical (unpaired) electrons. The Morgan fingerprint density at radius 1 is 1.29 bits per heavy atom. The predicted molar refractivity (Wildman–Crippen MR) is 83.0 cm³/mol. The fourth-order valence-electron chi connectivity index (χ4n) is 3.99. The highest BCUT2D eigenvalue weighted by Crippen LogP contribution is 2.42. The van der Waals surface area contributed by atoms with E-state index in [2.05, 4.69) is 5.32 Å². The lowest BCUT2D eigenvalue weighted by atomic mass is 9.65. The molecule has 1 aromatic carbocycles. The molecule has 0 spiro atoms. The van der Waals surface area contributed by atoms with E-state index in [0.29, 0.717) is 17.5 Å². The van der Waals surface area contributed by atoms with Gasteiger partial charge in [-0.2, -0.15) is 0 Å². The van der Waals surface area contributed by atoms with E-state index in [9.17, 15) is 9.90 Å². The van der Waals surface area contributed by atoms with Gasteiger partial charge in [-0.3, -0.25) is 4.79 Å². The number of aromatic hydroxyl groups is 1. The number of hydrogen-bond donors (Lipinski definition) is 3. The number of nitrogens with two attached hydrogens (primary N) is 1. The van der Waals surface area contributed by atoms with Crippen LogP contribution in [0.4, 0.5) is 5.69 Å². The van der Waals surface area contributed by atoms with Crippen molar-refractivity contribution in [3.8, 4) is 5.75 Å². The topological polar surface area (TPSA) is 75.3 Å². The second kappa shape index (κ2) is 5.68. The number of anilines is 1. The maximum Gasteiger partial charge on any atom is 0.227 e. The minimum Gasteiger partial charge on any atom is -0.506 e. The number of phenols is 1. The molecule has 2 saturated carbocycles. The average molecular weight is 288 g/mol. The molecule has 2 bridgehead atoms. The SMILES string of the molecule is Cc1ccc(O)c(NC(=O)C2CC3CCCC(C2)C3N)c1. The summed E-state index contributed by atoms with van der Waals surface area (Å²) in [6.45, 7) is 1.94. The highest BCUT2D eigenvalue weighted by atomic mass is 16.3. The van der Waals surface area contributed by atoms with Gasteiger partial charge in [0.2, 0.25) is 5.91 Å². The molecule has 1 aromatic rings. The van der Waals surface area contributed by atoms with E-state index in [0.717, 1.165) is 31.2 Å². The Labute approximate surface area is 125 Å². The number of nitrogens with one attached hydrogen (secondary N) is 1. The predicted octanol–water partition coefficient (Wildman–Crippen LogP) is 2.79. The molecule has 2 unspecified atom stereocenters. The van der Waals surface area contributed by atoms with Crippen LogP contribution in [0, 0.1) is 24.7 Å². The van der Waals surface area contributed by atoms with Crippen molar-refractivity contribution >= 4 is 11.6 Å². The van der Waals surface area contributed by atoms with Gasteiger partial charge in [0.05, 0.1) is 5.69 Å². The minimum absolute atomic E-state index is 0.0275. The van der Waals surface area contributed by atoms with Crippen molar-refractivity contribution in [3.05, 3.63) is 23.8 Å². The summed E-state index contributed by atoms with van der Waals surface area (Å²) in [7, 11) is 0. The molecule has 2 aliphatic rings. The number of hydrogen-bond acceptors (Lipinski definition) is 3. The van der Waals surface area contributed by atoms with Crippen molar-refractivity contribution < 1.29 is 9.90 Å². The van der Waals surface area contributed by atoms with Crippen LogP contribution < -0.4 is 11.1 Å². The third-order valence-electron chi connectivity index (χ3n) is 5.19. The first-order chi connectivity index (χ1) is 10.0. The third-order valence-corrected chi connectivity index (χ3v) is 5.19. The molecule has 0 heterocycles. The van der Waals surface area contributed by atoms with E-state index in [1.54, 1.807) is 6.07 Å². The van der Waals surface area contributed by atoms with E-state index in [4.69, 9.17) is 5.73 Å². The van der Waals surface area contributed by atoms with Gasteiger partial charge in [-0.05, 0) is 62.1 Å². The molecular formula is C17H24N2O2. The Morgan fingerprint density at radius 2 is 1.95 bits per heavy atom. The lowest BCUT2D eigenvalue weighted by Crippen LogP contribution is -2.48. The summed E-state index contributed by atoms with van der Waals surface area (Å²) in [5.74, 6) is 1.15. The number of amides is 1. The second-order valence-electron chi connectivity index (χ2n) is 6.71. The second-order valence-corrected chi connectivity index (χ2v) is 6.71. The van der Waals surface area contributed by atoms with Crippen LogP contribution in [0.3, 0.4) is 0 Å². The van der Waals surface area contributed by atoms with Crippen LogP contribution in [0.15, 0.2) is 18.2 Å². The summed E-state index contributed by atoms with van der Waals surface area (Å²) in [6, 6.07) is 5.53. The summed E-state index contributed by atoms with van der Waals surface area (Å²) in [6.07, 6.45) is 5.32. The van der Waals surface area contributed by atoms with Gasteiger partial charge in [0, 0.05) is 12.0 Å². The molecule has 114 valence electrons. The summed E-state index contributed by atoms with van der Waals surface area (Å²) in [4.78, 5) is 12.5. The number of fused-ring (bicyclic) bond motifs is 2. The Balaban J connectivity index is 1.70. The standard InChI is InChI=1S/C17H24N2O2/c1-10-5-6-15(20)14(7-10)19-17(21)13-8-11-3-2-4-12(9-13)16(11)18/h5-7,11-13,16,20H,2-4,8-9,18H2,1H3,(H,19,21). The molecule has 4 heteroatoms. The van der Waals surface area contributed by atoms with Gasteiger partial charge in [-0.25, -0.2) is 0 Å². The highest BCUT2D eigenvalue weighted by Gasteiger charge is 2.40. The first-order valence-electron chi connectivity index (χ1n) is 7.90. The lowest BCUT2D eigenvalue weighted by molar-refractivity contribution is -0.122. The van der Waals surface area contributed by atoms with Crippen LogP contribution in [0.1, 0.15) is 37.7 Å². The number of aryl methyl sites for hydroxylation is 1. The number of phenolic OH excluding ortho intramolecular Hbond substituents is 1. The van der Waals surface area contributed by atoms with E-state index >= 15 is 0 Å². The molecule has 2 atom stereocenters. The van der Waals surface area contributed by atoms with Gasteiger partial charge in [0.1, 0.15) is 5.75 Å². The number of carbonyl (C=O) groups excluding carboxylic acids is 1. The molecule has 3 rings (SSSR count). The Hall–Kier alpha value is -1.55. The summed E-state index contributed by atoms with van der Waals surface area (Å²) in [5.41, 5.74) is 7.80. The first kappa shape index (κ1) is 14.4.